The summed E-state index contributed by atoms with van der Waals surface area (Å²) in [6.07, 6.45) is -2.73. The van der Waals surface area contributed by atoms with E-state index in [4.69, 9.17) is 5.11 Å². The van der Waals surface area contributed by atoms with Gasteiger partial charge in [0.15, 0.2) is 0 Å². The van der Waals surface area contributed by atoms with Crippen LogP contribution in [0.1, 0.15) is 19.8 Å². The van der Waals surface area contributed by atoms with Crippen molar-refractivity contribution >= 4 is 5.97 Å². The number of carbonyl (C=O) groups is 1. The molecule has 0 heterocycles. The van der Waals surface area contributed by atoms with Gasteiger partial charge in [-0.3, -0.25) is 4.79 Å². The molecule has 0 bridgehead atoms. The minimum Gasteiger partial charge on any atom is -0.481 e. The van der Waals surface area contributed by atoms with Crippen LogP contribution < -0.4 is 0 Å². The molecular weight excluding hydrogens is 166 g/mol. The molecule has 0 saturated heterocycles. The van der Waals surface area contributed by atoms with E-state index in [1.165, 1.54) is 0 Å². The summed E-state index contributed by atoms with van der Waals surface area (Å²) in [5.41, 5.74) is 0. The molecule has 4 atom stereocenters. The third-order valence-corrected chi connectivity index (χ3v) is 2.48. The molecule has 1 rings (SSSR count). The number of carboxylic acid groups (broad SMARTS) is 1. The number of halogens is 2. The fraction of sp³-hybridized carbons (Fsp3) is 0.875. The number of carboxylic acids is 1. The summed E-state index contributed by atoms with van der Waals surface area (Å²) in [6, 6.07) is 0. The van der Waals surface area contributed by atoms with Crippen LogP contribution in [0.4, 0.5) is 8.78 Å². The smallest absolute Gasteiger partial charge is 0.309 e. The van der Waals surface area contributed by atoms with Gasteiger partial charge in [-0.05, 0) is 18.8 Å². The Morgan fingerprint density at radius 1 is 1.33 bits per heavy atom. The monoisotopic (exact) mass is 178 g/mol. The van der Waals surface area contributed by atoms with Crippen molar-refractivity contribution in [3.8, 4) is 0 Å². The summed E-state index contributed by atoms with van der Waals surface area (Å²) in [5, 5.41) is 8.51. The molecule has 0 aromatic rings. The van der Waals surface area contributed by atoms with Gasteiger partial charge in [-0.1, -0.05) is 6.92 Å². The highest BCUT2D eigenvalue weighted by Crippen LogP contribution is 2.33. The Balaban J connectivity index is 2.65. The summed E-state index contributed by atoms with van der Waals surface area (Å²) in [7, 11) is 0. The number of rotatable bonds is 1. The standard InChI is InChI=1S/C8H12F2O2/c1-4-2-3-5(8(11)12)7(10)6(4)9/h4-7H,2-3H2,1H3,(H,11,12). The van der Waals surface area contributed by atoms with Crippen LogP contribution in [0.25, 0.3) is 0 Å². The lowest BCUT2D eigenvalue weighted by atomic mass is 9.80. The van der Waals surface area contributed by atoms with Gasteiger partial charge in [-0.2, -0.15) is 0 Å². The Morgan fingerprint density at radius 2 is 1.92 bits per heavy atom. The van der Waals surface area contributed by atoms with Gasteiger partial charge in [0.25, 0.3) is 0 Å². The largest absolute Gasteiger partial charge is 0.481 e. The topological polar surface area (TPSA) is 37.3 Å². The molecule has 4 heteroatoms. The lowest BCUT2D eigenvalue weighted by Crippen LogP contribution is -2.40. The molecule has 0 amide bonds. The second-order valence-electron chi connectivity index (χ2n) is 3.39. The molecule has 0 aliphatic heterocycles. The average molecular weight is 178 g/mol. The first-order chi connectivity index (χ1) is 5.54. The Hall–Kier alpha value is -0.670. The molecule has 1 aliphatic rings. The van der Waals surface area contributed by atoms with E-state index in [1.54, 1.807) is 6.92 Å². The summed E-state index contributed by atoms with van der Waals surface area (Å²) >= 11 is 0. The first-order valence-corrected chi connectivity index (χ1v) is 4.05. The average Bonchev–Trinajstić information content (AvgIpc) is 2.00. The van der Waals surface area contributed by atoms with Crippen LogP contribution in [-0.4, -0.2) is 23.4 Å². The van der Waals surface area contributed by atoms with E-state index >= 15 is 0 Å². The van der Waals surface area contributed by atoms with Gasteiger partial charge in [0.05, 0.1) is 5.92 Å². The molecule has 2 nitrogen and oxygen atoms in total. The molecule has 70 valence electrons. The van der Waals surface area contributed by atoms with Gasteiger partial charge >= 0.3 is 5.97 Å². The summed E-state index contributed by atoms with van der Waals surface area (Å²) in [4.78, 5) is 10.4. The fourth-order valence-electron chi connectivity index (χ4n) is 1.56. The maximum absolute atomic E-state index is 13.0. The maximum Gasteiger partial charge on any atom is 0.309 e. The highest BCUT2D eigenvalue weighted by Gasteiger charge is 2.41. The molecule has 4 unspecified atom stereocenters. The maximum atomic E-state index is 13.0. The van der Waals surface area contributed by atoms with Crippen molar-refractivity contribution in [3.63, 3.8) is 0 Å². The lowest BCUT2D eigenvalue weighted by Gasteiger charge is -2.30. The molecule has 1 aliphatic carbocycles. The van der Waals surface area contributed by atoms with Gasteiger partial charge in [0.2, 0.25) is 0 Å². The van der Waals surface area contributed by atoms with E-state index in [0.717, 1.165) is 0 Å². The van der Waals surface area contributed by atoms with Gasteiger partial charge in [0.1, 0.15) is 12.3 Å². The van der Waals surface area contributed by atoms with E-state index in [-0.39, 0.29) is 12.3 Å². The second-order valence-corrected chi connectivity index (χ2v) is 3.39. The van der Waals surface area contributed by atoms with Crippen LogP contribution in [0.3, 0.4) is 0 Å². The number of hydrogen-bond donors (Lipinski definition) is 1. The van der Waals surface area contributed by atoms with Crippen LogP contribution in [-0.2, 0) is 4.79 Å². The van der Waals surface area contributed by atoms with Crippen molar-refractivity contribution in [2.45, 2.75) is 32.1 Å². The van der Waals surface area contributed by atoms with E-state index in [1.807, 2.05) is 0 Å². The Kier molecular flexibility index (Phi) is 2.65. The third-order valence-electron chi connectivity index (χ3n) is 2.48. The predicted molar refractivity (Wildman–Crippen MR) is 39.3 cm³/mol. The third kappa shape index (κ3) is 1.57. The van der Waals surface area contributed by atoms with Crippen LogP contribution >= 0.6 is 0 Å². The fourth-order valence-corrected chi connectivity index (χ4v) is 1.56. The first-order valence-electron chi connectivity index (χ1n) is 4.05. The second kappa shape index (κ2) is 3.37. The van der Waals surface area contributed by atoms with Crippen molar-refractivity contribution in [2.24, 2.45) is 11.8 Å². The van der Waals surface area contributed by atoms with Crippen LogP contribution in [0.15, 0.2) is 0 Å². The zero-order valence-corrected chi connectivity index (χ0v) is 6.84. The van der Waals surface area contributed by atoms with Crippen molar-refractivity contribution in [1.82, 2.24) is 0 Å². The number of aliphatic carboxylic acids is 1. The molecule has 0 spiro atoms. The van der Waals surface area contributed by atoms with Crippen molar-refractivity contribution in [2.75, 3.05) is 0 Å². The first kappa shape index (κ1) is 9.42. The van der Waals surface area contributed by atoms with Crippen molar-refractivity contribution in [3.05, 3.63) is 0 Å². The van der Waals surface area contributed by atoms with Gasteiger partial charge < -0.3 is 5.11 Å². The Morgan fingerprint density at radius 3 is 2.42 bits per heavy atom. The van der Waals surface area contributed by atoms with E-state index in [2.05, 4.69) is 0 Å². The number of hydrogen-bond acceptors (Lipinski definition) is 1. The van der Waals surface area contributed by atoms with E-state index in [9.17, 15) is 13.6 Å². The predicted octanol–water partition coefficient (Wildman–Crippen LogP) is 1.79. The van der Waals surface area contributed by atoms with Crippen LogP contribution in [0.2, 0.25) is 0 Å². The van der Waals surface area contributed by atoms with Crippen LogP contribution in [0, 0.1) is 11.8 Å². The summed E-state index contributed by atoms with van der Waals surface area (Å²) < 4.78 is 25.9. The van der Waals surface area contributed by atoms with Gasteiger partial charge in [0, 0.05) is 0 Å². The van der Waals surface area contributed by atoms with E-state index in [0.29, 0.717) is 6.42 Å². The van der Waals surface area contributed by atoms with Crippen LogP contribution in [0.5, 0.6) is 0 Å². The van der Waals surface area contributed by atoms with Gasteiger partial charge in [-0.25, -0.2) is 8.78 Å². The quantitative estimate of drug-likeness (QED) is 0.664. The minimum atomic E-state index is -1.83. The number of alkyl halides is 2. The Labute approximate surface area is 69.6 Å². The molecular formula is C8H12F2O2. The molecule has 0 aromatic heterocycles. The molecule has 12 heavy (non-hydrogen) atoms. The highest BCUT2D eigenvalue weighted by molar-refractivity contribution is 5.71. The Bertz CT molecular complexity index is 184. The molecule has 0 radical (unpaired) electrons. The van der Waals surface area contributed by atoms with Crippen molar-refractivity contribution in [1.29, 1.82) is 0 Å². The normalized spacial score (nSPS) is 42.6. The van der Waals surface area contributed by atoms with E-state index < -0.39 is 24.2 Å². The van der Waals surface area contributed by atoms with Gasteiger partial charge in [-0.15, -0.1) is 0 Å². The zero-order chi connectivity index (χ0) is 9.30. The molecule has 1 saturated carbocycles. The SMILES string of the molecule is CC1CCC(C(=O)O)C(F)C1F. The summed E-state index contributed by atoms with van der Waals surface area (Å²) in [5.74, 6) is -2.72. The minimum absolute atomic E-state index is 0.248. The van der Waals surface area contributed by atoms with Crippen molar-refractivity contribution < 1.29 is 18.7 Å². The molecule has 0 aromatic carbocycles. The lowest BCUT2D eigenvalue weighted by molar-refractivity contribution is -0.148. The molecule has 1 fully saturated rings. The summed E-state index contributed by atoms with van der Waals surface area (Å²) in [6.45, 7) is 1.61. The molecule has 1 N–H and O–H groups in total. The highest BCUT2D eigenvalue weighted by atomic mass is 19.2. The zero-order valence-electron chi connectivity index (χ0n) is 6.84.